The number of carbonyl (C=O) groups is 1. The van der Waals surface area contributed by atoms with Crippen molar-refractivity contribution in [1.29, 1.82) is 0 Å². The van der Waals surface area contributed by atoms with Crippen LogP contribution in [0.1, 0.15) is 44.1 Å². The SMILES string of the molecule is CN1CCCCC[C@@H]1C(=O)NC1(c2cc(F)ccc2F)CC1. The smallest absolute Gasteiger partial charge is 0.238 e. The molecule has 1 aromatic carbocycles. The van der Waals surface area contributed by atoms with Crippen molar-refractivity contribution in [2.24, 2.45) is 0 Å². The molecule has 2 fully saturated rings. The summed E-state index contributed by atoms with van der Waals surface area (Å²) in [6.07, 6.45) is 5.42. The minimum atomic E-state index is -0.712. The summed E-state index contributed by atoms with van der Waals surface area (Å²) in [6, 6.07) is 3.28. The minimum absolute atomic E-state index is 0.0643. The summed E-state index contributed by atoms with van der Waals surface area (Å²) < 4.78 is 27.4. The lowest BCUT2D eigenvalue weighted by Crippen LogP contribution is -2.48. The zero-order valence-electron chi connectivity index (χ0n) is 12.9. The van der Waals surface area contributed by atoms with Gasteiger partial charge in [0.2, 0.25) is 5.91 Å². The molecule has 1 N–H and O–H groups in total. The number of hydrogen-bond acceptors (Lipinski definition) is 2. The number of halogens is 2. The van der Waals surface area contributed by atoms with Crippen LogP contribution in [0.2, 0.25) is 0 Å². The van der Waals surface area contributed by atoms with Gasteiger partial charge in [-0.25, -0.2) is 8.78 Å². The molecule has 0 spiro atoms. The van der Waals surface area contributed by atoms with Gasteiger partial charge in [-0.2, -0.15) is 0 Å². The van der Waals surface area contributed by atoms with E-state index in [2.05, 4.69) is 10.2 Å². The van der Waals surface area contributed by atoms with Gasteiger partial charge in [0.05, 0.1) is 11.6 Å². The molecule has 1 aromatic rings. The van der Waals surface area contributed by atoms with E-state index in [0.717, 1.165) is 44.4 Å². The van der Waals surface area contributed by atoms with E-state index < -0.39 is 17.2 Å². The summed E-state index contributed by atoms with van der Waals surface area (Å²) in [5, 5.41) is 2.99. The summed E-state index contributed by atoms with van der Waals surface area (Å²) in [7, 11) is 1.96. The van der Waals surface area contributed by atoms with Gasteiger partial charge >= 0.3 is 0 Å². The van der Waals surface area contributed by atoms with E-state index >= 15 is 0 Å². The van der Waals surface area contributed by atoms with Crippen molar-refractivity contribution in [2.75, 3.05) is 13.6 Å². The second kappa shape index (κ2) is 5.95. The molecule has 0 radical (unpaired) electrons. The van der Waals surface area contributed by atoms with Crippen LogP contribution in [-0.4, -0.2) is 30.4 Å². The van der Waals surface area contributed by atoms with Crippen LogP contribution in [0.4, 0.5) is 8.78 Å². The average Bonchev–Trinajstić information content (AvgIpc) is 3.27. The number of carbonyl (C=O) groups excluding carboxylic acids is 1. The lowest BCUT2D eigenvalue weighted by Gasteiger charge is -2.28. The monoisotopic (exact) mass is 308 g/mol. The number of rotatable bonds is 3. The maximum absolute atomic E-state index is 14.0. The fourth-order valence-electron chi connectivity index (χ4n) is 3.35. The molecule has 3 nitrogen and oxygen atoms in total. The quantitative estimate of drug-likeness (QED) is 0.931. The van der Waals surface area contributed by atoms with Crippen molar-refractivity contribution in [3.8, 4) is 0 Å². The summed E-state index contributed by atoms with van der Waals surface area (Å²) in [5.41, 5.74) is -0.437. The number of hydrogen-bond donors (Lipinski definition) is 1. The molecule has 1 amide bonds. The predicted octanol–water partition coefficient (Wildman–Crippen LogP) is 2.94. The van der Waals surface area contributed by atoms with Gasteiger partial charge in [0.25, 0.3) is 0 Å². The van der Waals surface area contributed by atoms with Gasteiger partial charge in [0.15, 0.2) is 0 Å². The number of nitrogens with zero attached hydrogens (tertiary/aromatic N) is 1. The van der Waals surface area contributed by atoms with Crippen LogP contribution in [0.5, 0.6) is 0 Å². The van der Waals surface area contributed by atoms with Gasteiger partial charge in [-0.1, -0.05) is 12.8 Å². The fraction of sp³-hybridized carbons (Fsp3) is 0.588. The molecular weight excluding hydrogens is 286 g/mol. The van der Waals surface area contributed by atoms with E-state index in [1.54, 1.807) is 0 Å². The van der Waals surface area contributed by atoms with Crippen molar-refractivity contribution < 1.29 is 13.6 Å². The Balaban J connectivity index is 1.76. The Morgan fingerprint density at radius 2 is 2.05 bits per heavy atom. The van der Waals surface area contributed by atoms with Gasteiger partial charge in [-0.15, -0.1) is 0 Å². The second-order valence-corrected chi connectivity index (χ2v) is 6.54. The Morgan fingerprint density at radius 1 is 1.27 bits per heavy atom. The molecule has 120 valence electrons. The predicted molar refractivity (Wildman–Crippen MR) is 80.3 cm³/mol. The van der Waals surface area contributed by atoms with E-state index in [1.807, 2.05) is 7.05 Å². The summed E-state index contributed by atoms with van der Waals surface area (Å²) >= 11 is 0. The van der Waals surface area contributed by atoms with Crippen LogP contribution in [0, 0.1) is 11.6 Å². The molecule has 5 heteroatoms. The van der Waals surface area contributed by atoms with Gasteiger partial charge < -0.3 is 5.32 Å². The third-order valence-corrected chi connectivity index (χ3v) is 4.88. The number of amides is 1. The van der Waals surface area contributed by atoms with Gasteiger partial charge in [-0.05, 0) is 57.5 Å². The van der Waals surface area contributed by atoms with Crippen LogP contribution in [0.25, 0.3) is 0 Å². The molecule has 1 aliphatic carbocycles. The minimum Gasteiger partial charge on any atom is -0.345 e. The molecule has 0 unspecified atom stereocenters. The first kappa shape index (κ1) is 15.4. The van der Waals surface area contributed by atoms with Crippen LogP contribution in [0.3, 0.4) is 0 Å². The third kappa shape index (κ3) is 3.00. The number of benzene rings is 1. The zero-order valence-corrected chi connectivity index (χ0v) is 12.9. The number of likely N-dealkylation sites (N-methyl/N-ethyl adjacent to an activating group) is 1. The zero-order chi connectivity index (χ0) is 15.7. The van der Waals surface area contributed by atoms with E-state index in [0.29, 0.717) is 12.8 Å². The maximum atomic E-state index is 14.0. The van der Waals surface area contributed by atoms with Gasteiger partial charge in [0.1, 0.15) is 11.6 Å². The van der Waals surface area contributed by atoms with Crippen LogP contribution >= 0.6 is 0 Å². The Hall–Kier alpha value is -1.49. The van der Waals surface area contributed by atoms with E-state index in [-0.39, 0.29) is 17.5 Å². The number of nitrogens with one attached hydrogen (secondary N) is 1. The van der Waals surface area contributed by atoms with Gasteiger partial charge in [0, 0.05) is 5.56 Å². The molecule has 0 aromatic heterocycles. The Bertz CT molecular complexity index is 572. The van der Waals surface area contributed by atoms with Crippen molar-refractivity contribution >= 4 is 5.91 Å². The first-order chi connectivity index (χ1) is 10.5. The normalized spacial score (nSPS) is 24.6. The Morgan fingerprint density at radius 3 is 2.77 bits per heavy atom. The molecule has 1 aliphatic heterocycles. The molecule has 1 saturated carbocycles. The van der Waals surface area contributed by atoms with Gasteiger partial charge in [-0.3, -0.25) is 9.69 Å². The molecular formula is C17H22F2N2O. The average molecular weight is 308 g/mol. The lowest BCUT2D eigenvalue weighted by molar-refractivity contribution is -0.127. The van der Waals surface area contributed by atoms with E-state index in [4.69, 9.17) is 0 Å². The van der Waals surface area contributed by atoms with Crippen molar-refractivity contribution in [3.05, 3.63) is 35.4 Å². The van der Waals surface area contributed by atoms with Crippen LogP contribution in [-0.2, 0) is 10.3 Å². The highest BCUT2D eigenvalue weighted by Crippen LogP contribution is 2.46. The second-order valence-electron chi connectivity index (χ2n) is 6.54. The Labute approximate surface area is 129 Å². The maximum Gasteiger partial charge on any atom is 0.238 e. The topological polar surface area (TPSA) is 32.3 Å². The third-order valence-electron chi connectivity index (χ3n) is 4.88. The first-order valence-electron chi connectivity index (χ1n) is 8.00. The van der Waals surface area contributed by atoms with Crippen molar-refractivity contribution in [3.63, 3.8) is 0 Å². The van der Waals surface area contributed by atoms with E-state index in [1.165, 1.54) is 6.07 Å². The highest BCUT2D eigenvalue weighted by Gasteiger charge is 2.48. The standard InChI is InChI=1S/C17H22F2N2O/c1-21-10-4-2-3-5-15(21)16(22)20-17(8-9-17)13-11-12(18)6-7-14(13)19/h6-7,11,15H,2-5,8-10H2,1H3,(H,20,22)/t15-/m1/s1. The van der Waals surface area contributed by atoms with Crippen molar-refractivity contribution in [2.45, 2.75) is 50.1 Å². The highest BCUT2D eigenvalue weighted by molar-refractivity contribution is 5.83. The van der Waals surface area contributed by atoms with Crippen LogP contribution < -0.4 is 5.32 Å². The number of likely N-dealkylation sites (tertiary alicyclic amines) is 1. The molecule has 1 heterocycles. The van der Waals surface area contributed by atoms with Crippen LogP contribution in [0.15, 0.2) is 18.2 Å². The Kier molecular flexibility index (Phi) is 4.17. The lowest BCUT2D eigenvalue weighted by atomic mass is 10.0. The molecule has 22 heavy (non-hydrogen) atoms. The largest absolute Gasteiger partial charge is 0.345 e. The molecule has 0 bridgehead atoms. The molecule has 2 aliphatic rings. The summed E-state index contributed by atoms with van der Waals surface area (Å²) in [4.78, 5) is 14.7. The highest BCUT2D eigenvalue weighted by atomic mass is 19.1. The van der Waals surface area contributed by atoms with Crippen molar-refractivity contribution in [1.82, 2.24) is 10.2 Å². The van der Waals surface area contributed by atoms with E-state index in [9.17, 15) is 13.6 Å². The molecule has 1 saturated heterocycles. The first-order valence-corrected chi connectivity index (χ1v) is 8.00. The fourth-order valence-corrected chi connectivity index (χ4v) is 3.35. The summed E-state index contributed by atoms with van der Waals surface area (Å²) in [6.45, 7) is 0.902. The molecule has 1 atom stereocenters. The molecule has 3 rings (SSSR count). The summed E-state index contributed by atoms with van der Waals surface area (Å²) in [5.74, 6) is -0.984.